The second kappa shape index (κ2) is 8.22. The first-order chi connectivity index (χ1) is 13.5. The molecule has 0 radical (unpaired) electrons. The predicted molar refractivity (Wildman–Crippen MR) is 110 cm³/mol. The Morgan fingerprint density at radius 2 is 1.57 bits per heavy atom. The SMILES string of the molecule is COc1cc(NC(=O)Nc2nc3c(OC)ccc(C)c3s2)cc(OC)c1OC. The van der Waals surface area contributed by atoms with Crippen LogP contribution in [0.1, 0.15) is 5.56 Å². The molecule has 0 aliphatic heterocycles. The average Bonchev–Trinajstić information content (AvgIpc) is 3.11. The number of rotatable bonds is 6. The highest BCUT2D eigenvalue weighted by atomic mass is 32.1. The zero-order valence-corrected chi connectivity index (χ0v) is 17.0. The molecule has 28 heavy (non-hydrogen) atoms. The third-order valence-corrected chi connectivity index (χ3v) is 5.17. The molecule has 3 rings (SSSR count). The van der Waals surface area contributed by atoms with Crippen LogP contribution in [0.3, 0.4) is 0 Å². The molecule has 2 amide bonds. The summed E-state index contributed by atoms with van der Waals surface area (Å²) in [5, 5.41) is 5.96. The first-order valence-electron chi connectivity index (χ1n) is 8.32. The van der Waals surface area contributed by atoms with E-state index in [9.17, 15) is 4.79 Å². The topological polar surface area (TPSA) is 90.9 Å². The molecule has 1 aromatic heterocycles. The van der Waals surface area contributed by atoms with Crippen LogP contribution in [-0.2, 0) is 0 Å². The fourth-order valence-electron chi connectivity index (χ4n) is 2.74. The van der Waals surface area contributed by atoms with E-state index >= 15 is 0 Å². The number of urea groups is 1. The summed E-state index contributed by atoms with van der Waals surface area (Å²) in [4.78, 5) is 16.9. The van der Waals surface area contributed by atoms with Gasteiger partial charge in [0, 0.05) is 12.1 Å². The molecule has 0 saturated heterocycles. The van der Waals surface area contributed by atoms with E-state index in [-0.39, 0.29) is 0 Å². The van der Waals surface area contributed by atoms with Crippen LogP contribution in [-0.4, -0.2) is 39.5 Å². The Morgan fingerprint density at radius 3 is 2.14 bits per heavy atom. The Balaban J connectivity index is 1.83. The van der Waals surface area contributed by atoms with Crippen molar-refractivity contribution in [1.82, 2.24) is 4.98 Å². The Hall–Kier alpha value is -3.20. The van der Waals surface area contributed by atoms with Crippen molar-refractivity contribution < 1.29 is 23.7 Å². The van der Waals surface area contributed by atoms with E-state index in [0.29, 0.717) is 33.8 Å². The number of ether oxygens (including phenoxy) is 4. The van der Waals surface area contributed by atoms with Crippen LogP contribution in [0.5, 0.6) is 23.0 Å². The smallest absolute Gasteiger partial charge is 0.325 e. The van der Waals surface area contributed by atoms with Crippen molar-refractivity contribution in [3.05, 3.63) is 29.8 Å². The highest BCUT2D eigenvalue weighted by molar-refractivity contribution is 7.22. The number of fused-ring (bicyclic) bond motifs is 1. The summed E-state index contributed by atoms with van der Waals surface area (Å²) in [6.45, 7) is 1.99. The monoisotopic (exact) mass is 403 g/mol. The molecule has 0 saturated carbocycles. The van der Waals surface area contributed by atoms with Crippen molar-refractivity contribution in [3.8, 4) is 23.0 Å². The van der Waals surface area contributed by atoms with Crippen LogP contribution < -0.4 is 29.6 Å². The van der Waals surface area contributed by atoms with Gasteiger partial charge in [-0.25, -0.2) is 9.78 Å². The van der Waals surface area contributed by atoms with Crippen molar-refractivity contribution in [1.29, 1.82) is 0 Å². The van der Waals surface area contributed by atoms with Crippen LogP contribution in [0.25, 0.3) is 10.2 Å². The standard InChI is InChI=1S/C19H21N3O5S/c1-10-6-7-12(24-2)15-17(10)28-19(21-15)22-18(23)20-11-8-13(25-3)16(27-5)14(9-11)26-4/h6-9H,1-5H3,(H2,20,21,22,23). The van der Waals surface area contributed by atoms with E-state index in [1.807, 2.05) is 19.1 Å². The molecular formula is C19H21N3O5S. The van der Waals surface area contributed by atoms with E-state index in [4.69, 9.17) is 18.9 Å². The van der Waals surface area contributed by atoms with E-state index in [1.165, 1.54) is 32.7 Å². The van der Waals surface area contributed by atoms with Crippen molar-refractivity contribution in [2.45, 2.75) is 6.92 Å². The number of thiazole rings is 1. The molecule has 0 atom stereocenters. The average molecular weight is 403 g/mol. The molecule has 9 heteroatoms. The van der Waals surface area contributed by atoms with E-state index in [2.05, 4.69) is 15.6 Å². The second-order valence-electron chi connectivity index (χ2n) is 5.77. The molecule has 0 spiro atoms. The highest BCUT2D eigenvalue weighted by Gasteiger charge is 2.16. The van der Waals surface area contributed by atoms with Gasteiger partial charge in [0.1, 0.15) is 11.3 Å². The van der Waals surface area contributed by atoms with Gasteiger partial charge in [-0.3, -0.25) is 5.32 Å². The van der Waals surface area contributed by atoms with Crippen molar-refractivity contribution in [2.75, 3.05) is 39.1 Å². The van der Waals surface area contributed by atoms with Gasteiger partial charge in [0.2, 0.25) is 5.75 Å². The fourth-order valence-corrected chi connectivity index (χ4v) is 3.69. The third kappa shape index (κ3) is 3.74. The van der Waals surface area contributed by atoms with Crippen LogP contribution in [0, 0.1) is 6.92 Å². The maximum absolute atomic E-state index is 12.5. The molecule has 2 aromatic carbocycles. The Bertz CT molecular complexity index is 993. The van der Waals surface area contributed by atoms with Gasteiger partial charge in [0.25, 0.3) is 0 Å². The normalized spacial score (nSPS) is 10.5. The Morgan fingerprint density at radius 1 is 0.929 bits per heavy atom. The quantitative estimate of drug-likeness (QED) is 0.638. The summed E-state index contributed by atoms with van der Waals surface area (Å²) in [5.41, 5.74) is 2.27. The van der Waals surface area contributed by atoms with Gasteiger partial charge in [0.05, 0.1) is 38.8 Å². The molecule has 2 N–H and O–H groups in total. The van der Waals surface area contributed by atoms with Gasteiger partial charge in [-0.05, 0) is 18.6 Å². The number of aryl methyl sites for hydroxylation is 1. The number of hydrogen-bond acceptors (Lipinski definition) is 7. The number of methoxy groups -OCH3 is 4. The number of carbonyl (C=O) groups excluding carboxylic acids is 1. The molecule has 0 bridgehead atoms. The zero-order valence-electron chi connectivity index (χ0n) is 16.2. The van der Waals surface area contributed by atoms with Gasteiger partial charge >= 0.3 is 6.03 Å². The molecule has 1 heterocycles. The second-order valence-corrected chi connectivity index (χ2v) is 6.77. The Kier molecular flexibility index (Phi) is 5.74. The minimum atomic E-state index is -0.440. The van der Waals surface area contributed by atoms with Crippen LogP contribution in [0.4, 0.5) is 15.6 Å². The molecule has 0 aliphatic carbocycles. The number of nitrogens with zero attached hydrogens (tertiary/aromatic N) is 1. The molecule has 3 aromatic rings. The summed E-state index contributed by atoms with van der Waals surface area (Å²) in [6, 6.07) is 6.67. The number of hydrogen-bond donors (Lipinski definition) is 2. The van der Waals surface area contributed by atoms with E-state index < -0.39 is 6.03 Å². The van der Waals surface area contributed by atoms with Gasteiger partial charge in [-0.15, -0.1) is 0 Å². The zero-order chi connectivity index (χ0) is 20.3. The first-order valence-corrected chi connectivity index (χ1v) is 9.14. The van der Waals surface area contributed by atoms with Crippen LogP contribution in [0.2, 0.25) is 0 Å². The maximum atomic E-state index is 12.5. The minimum Gasteiger partial charge on any atom is -0.494 e. The lowest BCUT2D eigenvalue weighted by molar-refractivity contribution is 0.262. The molecule has 0 fully saturated rings. The molecule has 0 unspecified atom stereocenters. The molecular weight excluding hydrogens is 382 g/mol. The number of amides is 2. The number of carbonyl (C=O) groups is 1. The highest BCUT2D eigenvalue weighted by Crippen LogP contribution is 2.40. The number of benzene rings is 2. The summed E-state index contributed by atoms with van der Waals surface area (Å²) in [5.74, 6) is 2.00. The van der Waals surface area contributed by atoms with Gasteiger partial charge in [-0.2, -0.15) is 0 Å². The minimum absolute atomic E-state index is 0.440. The summed E-state index contributed by atoms with van der Waals surface area (Å²) < 4.78 is 22.2. The lowest BCUT2D eigenvalue weighted by Gasteiger charge is -2.14. The van der Waals surface area contributed by atoms with Gasteiger partial charge < -0.3 is 24.3 Å². The lowest BCUT2D eigenvalue weighted by atomic mass is 10.2. The first kappa shape index (κ1) is 19.6. The van der Waals surface area contributed by atoms with Crippen LogP contribution >= 0.6 is 11.3 Å². The molecule has 8 nitrogen and oxygen atoms in total. The summed E-state index contributed by atoms with van der Waals surface area (Å²) >= 11 is 1.38. The van der Waals surface area contributed by atoms with Crippen molar-refractivity contribution >= 4 is 38.4 Å². The van der Waals surface area contributed by atoms with E-state index in [0.717, 1.165) is 15.8 Å². The molecule has 148 valence electrons. The maximum Gasteiger partial charge on any atom is 0.325 e. The number of anilines is 2. The predicted octanol–water partition coefficient (Wildman–Crippen LogP) is 4.28. The number of aromatic nitrogens is 1. The third-order valence-electron chi connectivity index (χ3n) is 4.07. The van der Waals surface area contributed by atoms with Crippen LogP contribution in [0.15, 0.2) is 24.3 Å². The summed E-state index contributed by atoms with van der Waals surface area (Å²) in [6.07, 6.45) is 0. The molecule has 0 aliphatic rings. The lowest BCUT2D eigenvalue weighted by Crippen LogP contribution is -2.19. The largest absolute Gasteiger partial charge is 0.494 e. The number of nitrogens with one attached hydrogen (secondary N) is 2. The van der Waals surface area contributed by atoms with Crippen molar-refractivity contribution in [3.63, 3.8) is 0 Å². The van der Waals surface area contributed by atoms with Crippen molar-refractivity contribution in [2.24, 2.45) is 0 Å². The summed E-state index contributed by atoms with van der Waals surface area (Å²) in [7, 11) is 6.13. The Labute approximate surface area is 166 Å². The fraction of sp³-hybridized carbons (Fsp3) is 0.263. The van der Waals surface area contributed by atoms with Gasteiger partial charge in [-0.1, -0.05) is 17.4 Å². The van der Waals surface area contributed by atoms with E-state index in [1.54, 1.807) is 19.2 Å². The van der Waals surface area contributed by atoms with Gasteiger partial charge in [0.15, 0.2) is 16.6 Å².